The van der Waals surface area contributed by atoms with E-state index >= 15 is 0 Å². The molecule has 0 aromatic heterocycles. The molecule has 0 bridgehead atoms. The number of thioether (sulfide) groups is 1. The van der Waals surface area contributed by atoms with Crippen molar-refractivity contribution in [2.75, 3.05) is 11.1 Å². The Morgan fingerprint density at radius 3 is 2.33 bits per heavy atom. The minimum absolute atomic E-state index is 0.0472. The van der Waals surface area contributed by atoms with Crippen molar-refractivity contribution in [2.45, 2.75) is 49.8 Å². The molecule has 2 nitrogen and oxygen atoms in total. The van der Waals surface area contributed by atoms with E-state index in [1.54, 1.807) is 11.8 Å². The highest BCUT2D eigenvalue weighted by Gasteiger charge is 2.15. The Morgan fingerprint density at radius 1 is 1.00 bits per heavy atom. The van der Waals surface area contributed by atoms with E-state index in [0.29, 0.717) is 11.7 Å². The lowest BCUT2D eigenvalue weighted by Crippen LogP contribution is -2.14. The van der Waals surface area contributed by atoms with E-state index in [2.05, 4.69) is 48.6 Å². The second kappa shape index (κ2) is 8.39. The summed E-state index contributed by atoms with van der Waals surface area (Å²) >= 11 is 1.57. The third kappa shape index (κ3) is 4.88. The zero-order valence-corrected chi connectivity index (χ0v) is 15.1. The number of aryl methyl sites for hydroxylation is 1. The molecule has 1 fully saturated rings. The van der Waals surface area contributed by atoms with Gasteiger partial charge in [-0.15, -0.1) is 11.8 Å². The van der Waals surface area contributed by atoms with E-state index in [-0.39, 0.29) is 5.91 Å². The predicted octanol–water partition coefficient (Wildman–Crippen LogP) is 5.77. The van der Waals surface area contributed by atoms with Crippen molar-refractivity contribution in [1.29, 1.82) is 0 Å². The molecule has 0 radical (unpaired) electrons. The van der Waals surface area contributed by atoms with Gasteiger partial charge in [-0.3, -0.25) is 4.79 Å². The molecule has 0 aliphatic heterocycles. The number of hydrogen-bond acceptors (Lipinski definition) is 2. The normalized spacial score (nSPS) is 15.2. The molecule has 1 N–H and O–H groups in total. The molecule has 1 amide bonds. The maximum atomic E-state index is 12.1. The molecular weight excluding hydrogens is 314 g/mol. The van der Waals surface area contributed by atoms with Gasteiger partial charge in [-0.05, 0) is 55.5 Å². The second-order valence-electron chi connectivity index (χ2n) is 6.61. The molecule has 3 heteroatoms. The van der Waals surface area contributed by atoms with Gasteiger partial charge in [0.25, 0.3) is 0 Å². The fourth-order valence-electron chi connectivity index (χ4n) is 3.25. The average molecular weight is 340 g/mol. The molecule has 0 unspecified atom stereocenters. The summed E-state index contributed by atoms with van der Waals surface area (Å²) in [6, 6.07) is 16.7. The van der Waals surface area contributed by atoms with Crippen molar-refractivity contribution in [1.82, 2.24) is 0 Å². The van der Waals surface area contributed by atoms with Gasteiger partial charge in [-0.2, -0.15) is 0 Å². The van der Waals surface area contributed by atoms with E-state index in [4.69, 9.17) is 0 Å². The van der Waals surface area contributed by atoms with Crippen LogP contribution in [0.5, 0.6) is 0 Å². The van der Waals surface area contributed by atoms with Crippen LogP contribution in [-0.2, 0) is 4.79 Å². The molecular formula is C21H25NOS. The quantitative estimate of drug-likeness (QED) is 0.700. The van der Waals surface area contributed by atoms with Crippen LogP contribution >= 0.6 is 11.8 Å². The van der Waals surface area contributed by atoms with E-state index < -0.39 is 0 Å². The number of anilines is 1. The smallest absolute Gasteiger partial charge is 0.234 e. The summed E-state index contributed by atoms with van der Waals surface area (Å²) in [5, 5.41) is 2.99. The predicted molar refractivity (Wildman–Crippen MR) is 103 cm³/mol. The summed E-state index contributed by atoms with van der Waals surface area (Å²) in [5.74, 6) is 1.19. The third-order valence-corrected chi connectivity index (χ3v) is 5.67. The van der Waals surface area contributed by atoms with Crippen LogP contribution in [0.3, 0.4) is 0 Å². The van der Waals surface area contributed by atoms with Gasteiger partial charge in [0.1, 0.15) is 0 Å². The lowest BCUT2D eigenvalue weighted by atomic mass is 9.84. The SMILES string of the molecule is Cc1ccc(SCC(=O)Nc2ccc(C3CCCCC3)cc2)cc1. The first-order valence-corrected chi connectivity index (χ1v) is 9.78. The minimum Gasteiger partial charge on any atom is -0.325 e. The van der Waals surface area contributed by atoms with Crippen molar-refractivity contribution in [3.05, 3.63) is 59.7 Å². The van der Waals surface area contributed by atoms with E-state index in [1.807, 2.05) is 12.1 Å². The van der Waals surface area contributed by atoms with Gasteiger partial charge in [-0.25, -0.2) is 0 Å². The number of carbonyl (C=O) groups excluding carboxylic acids is 1. The summed E-state index contributed by atoms with van der Waals surface area (Å²) in [7, 11) is 0. The monoisotopic (exact) mass is 339 g/mol. The third-order valence-electron chi connectivity index (χ3n) is 4.66. The molecule has 2 aromatic rings. The highest BCUT2D eigenvalue weighted by Crippen LogP contribution is 2.33. The summed E-state index contributed by atoms with van der Waals surface area (Å²) in [4.78, 5) is 13.2. The molecule has 24 heavy (non-hydrogen) atoms. The summed E-state index contributed by atoms with van der Waals surface area (Å²) in [6.45, 7) is 2.07. The largest absolute Gasteiger partial charge is 0.325 e. The van der Waals surface area contributed by atoms with Gasteiger partial charge in [0.05, 0.1) is 5.75 Å². The zero-order chi connectivity index (χ0) is 16.8. The van der Waals surface area contributed by atoms with Gasteiger partial charge >= 0.3 is 0 Å². The van der Waals surface area contributed by atoms with Crippen molar-refractivity contribution in [2.24, 2.45) is 0 Å². The maximum Gasteiger partial charge on any atom is 0.234 e. The molecule has 0 atom stereocenters. The van der Waals surface area contributed by atoms with E-state index in [9.17, 15) is 4.79 Å². The number of nitrogens with one attached hydrogen (secondary N) is 1. The minimum atomic E-state index is 0.0472. The Bertz CT molecular complexity index is 657. The number of amides is 1. The lowest BCUT2D eigenvalue weighted by molar-refractivity contribution is -0.113. The van der Waals surface area contributed by atoms with Crippen molar-refractivity contribution >= 4 is 23.4 Å². The molecule has 0 spiro atoms. The highest BCUT2D eigenvalue weighted by atomic mass is 32.2. The second-order valence-corrected chi connectivity index (χ2v) is 7.66. The fourth-order valence-corrected chi connectivity index (χ4v) is 3.95. The van der Waals surface area contributed by atoms with E-state index in [0.717, 1.165) is 10.6 Å². The highest BCUT2D eigenvalue weighted by molar-refractivity contribution is 8.00. The molecule has 3 rings (SSSR count). The summed E-state index contributed by atoms with van der Waals surface area (Å²) in [6.07, 6.45) is 6.68. The first-order chi connectivity index (χ1) is 11.7. The molecule has 126 valence electrons. The molecule has 1 saturated carbocycles. The number of hydrogen-bond donors (Lipinski definition) is 1. The summed E-state index contributed by atoms with van der Waals surface area (Å²) in [5.41, 5.74) is 3.55. The fraction of sp³-hybridized carbons (Fsp3) is 0.381. The van der Waals surface area contributed by atoms with Crippen molar-refractivity contribution in [3.8, 4) is 0 Å². The van der Waals surface area contributed by atoms with Gasteiger partial charge in [0.15, 0.2) is 0 Å². The van der Waals surface area contributed by atoms with Gasteiger partial charge in [0, 0.05) is 10.6 Å². The Balaban J connectivity index is 1.49. The van der Waals surface area contributed by atoms with Crippen LogP contribution in [0.4, 0.5) is 5.69 Å². The van der Waals surface area contributed by atoms with Crippen LogP contribution in [0, 0.1) is 6.92 Å². The standard InChI is InChI=1S/C21H25NOS/c1-16-7-13-20(14-8-16)24-15-21(23)22-19-11-9-18(10-12-19)17-5-3-2-4-6-17/h7-14,17H,2-6,15H2,1H3,(H,22,23). The van der Waals surface area contributed by atoms with Crippen LogP contribution in [0.1, 0.15) is 49.1 Å². The topological polar surface area (TPSA) is 29.1 Å². The molecule has 2 aromatic carbocycles. The summed E-state index contributed by atoms with van der Waals surface area (Å²) < 4.78 is 0. The number of rotatable bonds is 5. The molecule has 0 saturated heterocycles. The average Bonchev–Trinajstić information content (AvgIpc) is 2.63. The maximum absolute atomic E-state index is 12.1. The van der Waals surface area contributed by atoms with Crippen LogP contribution in [0.15, 0.2) is 53.4 Å². The Kier molecular flexibility index (Phi) is 5.97. The Morgan fingerprint density at radius 2 is 1.67 bits per heavy atom. The molecule has 1 aliphatic carbocycles. The Hall–Kier alpha value is -1.74. The van der Waals surface area contributed by atoms with Crippen LogP contribution in [-0.4, -0.2) is 11.7 Å². The van der Waals surface area contributed by atoms with E-state index in [1.165, 1.54) is 43.2 Å². The van der Waals surface area contributed by atoms with Crippen LogP contribution < -0.4 is 5.32 Å². The first kappa shape index (κ1) is 17.1. The lowest BCUT2D eigenvalue weighted by Gasteiger charge is -2.22. The number of carbonyl (C=O) groups is 1. The molecule has 0 heterocycles. The van der Waals surface area contributed by atoms with Gasteiger partial charge in [-0.1, -0.05) is 49.1 Å². The van der Waals surface area contributed by atoms with Crippen LogP contribution in [0.2, 0.25) is 0 Å². The van der Waals surface area contributed by atoms with Gasteiger partial charge < -0.3 is 5.32 Å². The van der Waals surface area contributed by atoms with Crippen molar-refractivity contribution < 1.29 is 4.79 Å². The van der Waals surface area contributed by atoms with Crippen LogP contribution in [0.25, 0.3) is 0 Å². The van der Waals surface area contributed by atoms with Crippen molar-refractivity contribution in [3.63, 3.8) is 0 Å². The zero-order valence-electron chi connectivity index (χ0n) is 14.3. The first-order valence-electron chi connectivity index (χ1n) is 8.80. The van der Waals surface area contributed by atoms with Gasteiger partial charge in [0.2, 0.25) is 5.91 Å². The number of benzene rings is 2. The molecule has 1 aliphatic rings. The Labute approximate surface area is 149 Å².